The first-order valence-electron chi connectivity index (χ1n) is 6.89. The van der Waals surface area contributed by atoms with Crippen molar-refractivity contribution in [2.45, 2.75) is 25.8 Å². The van der Waals surface area contributed by atoms with E-state index in [0.717, 1.165) is 18.5 Å². The average Bonchev–Trinajstić information content (AvgIpc) is 2.51. The molecule has 0 aliphatic rings. The van der Waals surface area contributed by atoms with Crippen molar-refractivity contribution in [1.82, 2.24) is 10.3 Å². The van der Waals surface area contributed by atoms with E-state index in [0.29, 0.717) is 16.5 Å². The van der Waals surface area contributed by atoms with Gasteiger partial charge in [-0.25, -0.2) is 4.39 Å². The number of pyridine rings is 1. The number of aromatic nitrogens is 1. The minimum atomic E-state index is -0.372. The molecule has 0 fully saturated rings. The van der Waals surface area contributed by atoms with E-state index in [9.17, 15) is 4.39 Å². The predicted molar refractivity (Wildman–Crippen MR) is 88.1 cm³/mol. The van der Waals surface area contributed by atoms with Crippen molar-refractivity contribution in [1.29, 1.82) is 0 Å². The van der Waals surface area contributed by atoms with Crippen LogP contribution in [0.2, 0.25) is 5.02 Å². The molecule has 1 unspecified atom stereocenters. The topological polar surface area (TPSA) is 24.9 Å². The molecule has 1 atom stereocenters. The summed E-state index contributed by atoms with van der Waals surface area (Å²) in [5.41, 5.74) is 1.64. The first-order chi connectivity index (χ1) is 10.1. The van der Waals surface area contributed by atoms with Gasteiger partial charge in [0, 0.05) is 28.5 Å². The zero-order chi connectivity index (χ0) is 15.2. The normalized spacial score (nSPS) is 12.4. The second-order valence-electron chi connectivity index (χ2n) is 4.84. The van der Waals surface area contributed by atoms with Crippen LogP contribution < -0.4 is 5.32 Å². The van der Waals surface area contributed by atoms with E-state index >= 15 is 0 Å². The number of rotatable bonds is 6. The fourth-order valence-electron chi connectivity index (χ4n) is 2.18. The maximum Gasteiger partial charge on any atom is 0.147 e. The Morgan fingerprint density at radius 3 is 2.86 bits per heavy atom. The third-order valence-corrected chi connectivity index (χ3v) is 4.50. The standard InChI is InChI=1S/C16H17BrClFN2/c1-2-7-21-14(9-11-4-3-8-20-10-11)12-5-6-13(17)15(18)16(12)19/h3-6,8,10,14,21H,2,7,9H2,1H3. The van der Waals surface area contributed by atoms with Crippen molar-refractivity contribution in [3.8, 4) is 0 Å². The Balaban J connectivity index is 2.29. The van der Waals surface area contributed by atoms with Gasteiger partial charge < -0.3 is 5.32 Å². The van der Waals surface area contributed by atoms with Gasteiger partial charge >= 0.3 is 0 Å². The van der Waals surface area contributed by atoms with Crippen LogP contribution in [0.5, 0.6) is 0 Å². The van der Waals surface area contributed by atoms with Crippen LogP contribution >= 0.6 is 27.5 Å². The first kappa shape index (κ1) is 16.4. The second-order valence-corrected chi connectivity index (χ2v) is 6.07. The van der Waals surface area contributed by atoms with Crippen LogP contribution in [-0.4, -0.2) is 11.5 Å². The van der Waals surface area contributed by atoms with E-state index in [1.807, 2.05) is 12.1 Å². The highest BCUT2D eigenvalue weighted by molar-refractivity contribution is 9.10. The molecule has 5 heteroatoms. The van der Waals surface area contributed by atoms with Gasteiger partial charge in [-0.1, -0.05) is 30.7 Å². The number of nitrogens with one attached hydrogen (secondary N) is 1. The molecule has 2 rings (SSSR count). The van der Waals surface area contributed by atoms with E-state index in [4.69, 9.17) is 11.6 Å². The van der Waals surface area contributed by atoms with Crippen LogP contribution in [0, 0.1) is 5.82 Å². The molecule has 1 heterocycles. The molecule has 0 radical (unpaired) electrons. The van der Waals surface area contributed by atoms with Crippen LogP contribution in [0.1, 0.15) is 30.5 Å². The molecule has 21 heavy (non-hydrogen) atoms. The van der Waals surface area contributed by atoms with Crippen molar-refractivity contribution in [3.05, 3.63) is 63.1 Å². The third kappa shape index (κ3) is 4.25. The summed E-state index contributed by atoms with van der Waals surface area (Å²) >= 11 is 9.25. The minimum absolute atomic E-state index is 0.125. The van der Waals surface area contributed by atoms with Gasteiger partial charge in [-0.15, -0.1) is 0 Å². The molecule has 1 aromatic carbocycles. The first-order valence-corrected chi connectivity index (χ1v) is 8.06. The van der Waals surface area contributed by atoms with E-state index in [1.165, 1.54) is 0 Å². The molecule has 0 amide bonds. The van der Waals surface area contributed by atoms with Crippen LogP contribution in [0.15, 0.2) is 41.1 Å². The van der Waals surface area contributed by atoms with Gasteiger partial charge in [0.05, 0.1) is 5.02 Å². The maximum absolute atomic E-state index is 14.4. The Labute approximate surface area is 137 Å². The molecule has 2 nitrogen and oxygen atoms in total. The smallest absolute Gasteiger partial charge is 0.147 e. The van der Waals surface area contributed by atoms with Crippen molar-refractivity contribution >= 4 is 27.5 Å². The van der Waals surface area contributed by atoms with Gasteiger partial charge in [0.1, 0.15) is 5.82 Å². The van der Waals surface area contributed by atoms with Gasteiger partial charge in [-0.05, 0) is 53.0 Å². The highest BCUT2D eigenvalue weighted by Crippen LogP contribution is 2.31. The zero-order valence-corrected chi connectivity index (χ0v) is 14.1. The summed E-state index contributed by atoms with van der Waals surface area (Å²) in [6, 6.07) is 7.31. The molecule has 112 valence electrons. The van der Waals surface area contributed by atoms with E-state index < -0.39 is 0 Å². The van der Waals surface area contributed by atoms with Crippen LogP contribution in [0.25, 0.3) is 0 Å². The fraction of sp³-hybridized carbons (Fsp3) is 0.312. The quantitative estimate of drug-likeness (QED) is 0.729. The van der Waals surface area contributed by atoms with Crippen LogP contribution in [0.3, 0.4) is 0 Å². The van der Waals surface area contributed by atoms with E-state index in [2.05, 4.69) is 33.2 Å². The van der Waals surface area contributed by atoms with Gasteiger partial charge in [0.25, 0.3) is 0 Å². The van der Waals surface area contributed by atoms with Crippen molar-refractivity contribution in [3.63, 3.8) is 0 Å². The summed E-state index contributed by atoms with van der Waals surface area (Å²) < 4.78 is 15.0. The number of hydrogen-bond acceptors (Lipinski definition) is 2. The summed E-state index contributed by atoms with van der Waals surface area (Å²) in [5, 5.41) is 3.51. The Morgan fingerprint density at radius 1 is 1.38 bits per heavy atom. The fourth-order valence-corrected chi connectivity index (χ4v) is 2.65. The minimum Gasteiger partial charge on any atom is -0.310 e. The van der Waals surface area contributed by atoms with Gasteiger partial charge in [0.2, 0.25) is 0 Å². The van der Waals surface area contributed by atoms with Crippen LogP contribution in [-0.2, 0) is 6.42 Å². The van der Waals surface area contributed by atoms with Crippen molar-refractivity contribution in [2.24, 2.45) is 0 Å². The number of nitrogens with zero attached hydrogens (tertiary/aromatic N) is 1. The summed E-state index contributed by atoms with van der Waals surface area (Å²) in [5.74, 6) is -0.372. The molecule has 0 spiro atoms. The summed E-state index contributed by atoms with van der Waals surface area (Å²) in [4.78, 5) is 4.11. The lowest BCUT2D eigenvalue weighted by Crippen LogP contribution is -2.25. The molecule has 0 saturated carbocycles. The number of hydrogen-bond donors (Lipinski definition) is 1. The molecule has 0 aliphatic heterocycles. The monoisotopic (exact) mass is 370 g/mol. The van der Waals surface area contributed by atoms with Crippen molar-refractivity contribution < 1.29 is 4.39 Å². The molecule has 1 N–H and O–H groups in total. The van der Waals surface area contributed by atoms with E-state index in [1.54, 1.807) is 24.5 Å². The Morgan fingerprint density at radius 2 is 2.19 bits per heavy atom. The lowest BCUT2D eigenvalue weighted by Gasteiger charge is -2.20. The third-order valence-electron chi connectivity index (χ3n) is 3.24. The summed E-state index contributed by atoms with van der Waals surface area (Å²) in [7, 11) is 0. The Hall–Kier alpha value is -0.970. The van der Waals surface area contributed by atoms with E-state index in [-0.39, 0.29) is 16.9 Å². The van der Waals surface area contributed by atoms with Gasteiger partial charge in [-0.3, -0.25) is 4.98 Å². The molecule has 1 aromatic heterocycles. The molecular formula is C16H17BrClFN2. The predicted octanol–water partition coefficient (Wildman–Crippen LogP) is 4.92. The maximum atomic E-state index is 14.4. The highest BCUT2D eigenvalue weighted by Gasteiger charge is 2.19. The Bertz CT molecular complexity index is 592. The lowest BCUT2D eigenvalue weighted by molar-refractivity contribution is 0.496. The lowest BCUT2D eigenvalue weighted by atomic mass is 9.99. The Kier molecular flexibility index (Phi) is 6.15. The molecule has 0 aliphatic carbocycles. The van der Waals surface area contributed by atoms with Crippen molar-refractivity contribution in [2.75, 3.05) is 6.54 Å². The SMILES string of the molecule is CCCNC(Cc1cccnc1)c1ccc(Br)c(Cl)c1F. The number of benzene rings is 1. The molecule has 0 bridgehead atoms. The zero-order valence-electron chi connectivity index (χ0n) is 11.7. The average molecular weight is 372 g/mol. The number of halogens is 3. The molecule has 0 saturated heterocycles. The molecule has 2 aromatic rings. The van der Waals surface area contributed by atoms with Gasteiger partial charge in [0.15, 0.2) is 0 Å². The second kappa shape index (κ2) is 7.87. The van der Waals surface area contributed by atoms with Crippen LogP contribution in [0.4, 0.5) is 4.39 Å². The largest absolute Gasteiger partial charge is 0.310 e. The highest BCUT2D eigenvalue weighted by atomic mass is 79.9. The molecular weight excluding hydrogens is 355 g/mol. The van der Waals surface area contributed by atoms with Gasteiger partial charge in [-0.2, -0.15) is 0 Å². The summed E-state index contributed by atoms with van der Waals surface area (Å²) in [6.45, 7) is 2.90. The summed E-state index contributed by atoms with van der Waals surface area (Å²) in [6.07, 6.45) is 5.19.